The Hall–Kier alpha value is -3.23. The van der Waals surface area contributed by atoms with E-state index in [9.17, 15) is 19.5 Å². The number of hydrogen-bond acceptors (Lipinski definition) is 6. The number of carboxylic acid groups (broad SMARTS) is 1. The highest BCUT2D eigenvalue weighted by Gasteiger charge is 2.31. The van der Waals surface area contributed by atoms with E-state index in [1.54, 1.807) is 0 Å². The maximum absolute atomic E-state index is 12.7. The highest BCUT2D eigenvalue weighted by Crippen LogP contribution is 2.14. The number of hydrogen-bond donors (Lipinski definition) is 1. The van der Waals surface area contributed by atoms with Gasteiger partial charge in [0.15, 0.2) is 12.1 Å². The molecule has 356 valence electrons. The fourth-order valence-corrected chi connectivity index (χ4v) is 6.99. The predicted molar refractivity (Wildman–Crippen MR) is 261 cm³/mol. The molecule has 0 rings (SSSR count). The number of unbranched alkanes of at least 4 members (excludes halogenated alkanes) is 18. The Labute approximate surface area is 381 Å². The lowest BCUT2D eigenvalue weighted by Crippen LogP contribution is -2.50. The van der Waals surface area contributed by atoms with Crippen LogP contribution in [0.15, 0.2) is 72.9 Å². The van der Waals surface area contributed by atoms with Crippen LogP contribution in [-0.2, 0) is 28.6 Å². The summed E-state index contributed by atoms with van der Waals surface area (Å²) in [5, 5.41) is 9.64. The lowest BCUT2D eigenvalue weighted by atomic mass is 10.0. The first kappa shape index (κ1) is 58.8. The van der Waals surface area contributed by atoms with Crippen molar-refractivity contribution in [2.75, 3.05) is 41.0 Å². The Morgan fingerprint density at radius 2 is 0.903 bits per heavy atom. The summed E-state index contributed by atoms with van der Waals surface area (Å²) in [5.74, 6) is -1.53. The van der Waals surface area contributed by atoms with Crippen molar-refractivity contribution in [3.8, 4) is 0 Å². The molecule has 0 aromatic carbocycles. The molecular weight excluding hydrogens is 775 g/mol. The standard InChI is InChI=1S/C54H93NO7/c1-6-8-10-12-14-16-18-20-22-23-24-25-26-27-28-29-31-32-34-36-38-40-42-44-52(56)61-49-50(48-60-47-46-51(54(58)59)55(3,4)5)62-53(57)45-43-41-39-37-35-33-30-21-19-17-15-13-11-9-7-2/h9,11,15,17-18,20-21,23-24,30,35,37,50-51H,6-8,10,12-14,16,19,22,25-29,31-34,36,38-49H2,1-5H3/p+1/b11-9-,17-15-,20-18-,24-23-,30-21-,37-35-. The van der Waals surface area contributed by atoms with Gasteiger partial charge >= 0.3 is 17.9 Å². The monoisotopic (exact) mass is 869 g/mol. The Balaban J connectivity index is 4.27. The van der Waals surface area contributed by atoms with Gasteiger partial charge in [-0.3, -0.25) is 9.59 Å². The van der Waals surface area contributed by atoms with Gasteiger partial charge in [-0.15, -0.1) is 0 Å². The maximum atomic E-state index is 12.7. The molecule has 0 saturated carbocycles. The van der Waals surface area contributed by atoms with E-state index in [2.05, 4.69) is 86.8 Å². The van der Waals surface area contributed by atoms with Gasteiger partial charge in [-0.05, 0) is 83.5 Å². The summed E-state index contributed by atoms with van der Waals surface area (Å²) in [6, 6.07) is -0.626. The third kappa shape index (κ3) is 42.1. The molecule has 2 atom stereocenters. The first-order valence-corrected chi connectivity index (χ1v) is 25.0. The molecule has 0 fully saturated rings. The van der Waals surface area contributed by atoms with Crippen molar-refractivity contribution in [1.29, 1.82) is 0 Å². The fourth-order valence-electron chi connectivity index (χ4n) is 6.99. The van der Waals surface area contributed by atoms with Crippen LogP contribution in [0.4, 0.5) is 0 Å². The Kier molecular flexibility index (Phi) is 42.1. The van der Waals surface area contributed by atoms with Crippen molar-refractivity contribution in [3.63, 3.8) is 0 Å². The van der Waals surface area contributed by atoms with E-state index in [-0.39, 0.29) is 42.7 Å². The summed E-state index contributed by atoms with van der Waals surface area (Å²) in [6.07, 6.45) is 56.7. The molecule has 0 aromatic rings. The van der Waals surface area contributed by atoms with Gasteiger partial charge in [0.05, 0.1) is 34.4 Å². The Morgan fingerprint density at radius 1 is 0.500 bits per heavy atom. The zero-order valence-electron chi connectivity index (χ0n) is 40.6. The number of allylic oxidation sites excluding steroid dienone is 12. The number of carbonyl (C=O) groups excluding carboxylic acids is 2. The molecule has 0 aromatic heterocycles. The molecule has 0 aliphatic rings. The van der Waals surface area contributed by atoms with Crippen molar-refractivity contribution in [1.82, 2.24) is 0 Å². The largest absolute Gasteiger partial charge is 0.477 e. The van der Waals surface area contributed by atoms with Crippen LogP contribution in [0.1, 0.15) is 200 Å². The van der Waals surface area contributed by atoms with Crippen LogP contribution in [-0.4, -0.2) is 80.6 Å². The lowest BCUT2D eigenvalue weighted by Gasteiger charge is -2.31. The average molecular weight is 869 g/mol. The minimum Gasteiger partial charge on any atom is -0.477 e. The summed E-state index contributed by atoms with van der Waals surface area (Å²) in [7, 11) is 5.51. The highest BCUT2D eigenvalue weighted by molar-refractivity contribution is 5.72. The molecule has 0 radical (unpaired) electrons. The number of quaternary nitrogens is 1. The summed E-state index contributed by atoms with van der Waals surface area (Å²) < 4.78 is 17.3. The number of nitrogens with zero attached hydrogens (tertiary/aromatic N) is 1. The molecule has 8 heteroatoms. The van der Waals surface area contributed by atoms with E-state index < -0.39 is 18.1 Å². The molecule has 1 N–H and O–H groups in total. The van der Waals surface area contributed by atoms with Crippen molar-refractivity contribution < 1.29 is 38.2 Å². The third-order valence-electron chi connectivity index (χ3n) is 10.8. The molecule has 8 nitrogen and oxygen atoms in total. The van der Waals surface area contributed by atoms with Crippen molar-refractivity contribution in [3.05, 3.63) is 72.9 Å². The molecule has 0 amide bonds. The second-order valence-electron chi connectivity index (χ2n) is 17.7. The van der Waals surface area contributed by atoms with Crippen LogP contribution in [0, 0.1) is 0 Å². The molecule has 0 aliphatic heterocycles. The zero-order valence-corrected chi connectivity index (χ0v) is 40.6. The first-order valence-electron chi connectivity index (χ1n) is 25.0. The van der Waals surface area contributed by atoms with Gasteiger partial charge in [-0.1, -0.05) is 170 Å². The molecule has 2 unspecified atom stereocenters. The van der Waals surface area contributed by atoms with Crippen molar-refractivity contribution >= 4 is 17.9 Å². The normalized spacial score (nSPS) is 13.5. The molecule has 0 aliphatic carbocycles. The number of carboxylic acids is 1. The van der Waals surface area contributed by atoms with Gasteiger partial charge in [0.1, 0.15) is 6.61 Å². The van der Waals surface area contributed by atoms with Crippen LogP contribution in [0.5, 0.6) is 0 Å². The van der Waals surface area contributed by atoms with Gasteiger partial charge < -0.3 is 23.8 Å². The molecule has 0 heterocycles. The third-order valence-corrected chi connectivity index (χ3v) is 10.8. The first-order chi connectivity index (χ1) is 30.1. The van der Waals surface area contributed by atoms with Gasteiger partial charge in [0, 0.05) is 19.3 Å². The number of esters is 2. The Bertz CT molecular complexity index is 1240. The number of rotatable bonds is 44. The zero-order chi connectivity index (χ0) is 45.6. The van der Waals surface area contributed by atoms with E-state index in [0.29, 0.717) is 19.3 Å². The second kappa shape index (κ2) is 44.4. The van der Waals surface area contributed by atoms with Crippen molar-refractivity contribution in [2.45, 2.75) is 212 Å². The van der Waals surface area contributed by atoms with Crippen LogP contribution in [0.25, 0.3) is 0 Å². The van der Waals surface area contributed by atoms with Gasteiger partial charge in [0.2, 0.25) is 0 Å². The molecule has 0 bridgehead atoms. The summed E-state index contributed by atoms with van der Waals surface area (Å²) >= 11 is 0. The fraction of sp³-hybridized carbons (Fsp3) is 0.722. The van der Waals surface area contributed by atoms with Crippen molar-refractivity contribution in [2.24, 2.45) is 0 Å². The number of likely N-dealkylation sites (N-methyl/N-ethyl adjacent to an activating group) is 1. The van der Waals surface area contributed by atoms with E-state index in [4.69, 9.17) is 14.2 Å². The highest BCUT2D eigenvalue weighted by atomic mass is 16.6. The van der Waals surface area contributed by atoms with Crippen LogP contribution >= 0.6 is 0 Å². The van der Waals surface area contributed by atoms with Crippen LogP contribution < -0.4 is 0 Å². The molecule has 0 spiro atoms. The van der Waals surface area contributed by atoms with E-state index >= 15 is 0 Å². The SMILES string of the molecule is CC/C=C\C/C=C\C/C=C\C/C=C\CCCCC(=O)OC(COCCC(C(=O)O)[N+](C)(C)C)COC(=O)CCCCCCCCCCCCC/C=C\C/C=C\CCCCCCC. The maximum Gasteiger partial charge on any atom is 0.362 e. The predicted octanol–water partition coefficient (Wildman–Crippen LogP) is 14.3. The Morgan fingerprint density at radius 3 is 1.37 bits per heavy atom. The van der Waals surface area contributed by atoms with Gasteiger partial charge in [0.25, 0.3) is 0 Å². The minimum absolute atomic E-state index is 0.0409. The minimum atomic E-state index is -0.884. The van der Waals surface area contributed by atoms with E-state index in [1.165, 1.54) is 96.3 Å². The summed E-state index contributed by atoms with van der Waals surface area (Å²) in [5.41, 5.74) is 0. The second-order valence-corrected chi connectivity index (χ2v) is 17.7. The number of aliphatic carboxylic acids is 1. The molecule has 0 saturated heterocycles. The summed E-state index contributed by atoms with van der Waals surface area (Å²) in [4.78, 5) is 37.1. The van der Waals surface area contributed by atoms with E-state index in [1.807, 2.05) is 21.1 Å². The topological polar surface area (TPSA) is 99.1 Å². The average Bonchev–Trinajstić information content (AvgIpc) is 3.23. The smallest absolute Gasteiger partial charge is 0.362 e. The number of carbonyl (C=O) groups is 3. The quantitative estimate of drug-likeness (QED) is 0.0282. The van der Waals surface area contributed by atoms with Crippen LogP contribution in [0.2, 0.25) is 0 Å². The molecular formula is C54H94NO7+. The van der Waals surface area contributed by atoms with E-state index in [0.717, 1.165) is 64.2 Å². The van der Waals surface area contributed by atoms with Gasteiger partial charge in [-0.2, -0.15) is 0 Å². The van der Waals surface area contributed by atoms with Gasteiger partial charge in [-0.25, -0.2) is 4.79 Å². The van der Waals surface area contributed by atoms with Crippen LogP contribution in [0.3, 0.4) is 0 Å². The number of ether oxygens (including phenoxy) is 3. The molecule has 62 heavy (non-hydrogen) atoms. The lowest BCUT2D eigenvalue weighted by molar-refractivity contribution is -0.887. The summed E-state index contributed by atoms with van der Waals surface area (Å²) in [6.45, 7) is 4.57.